The Morgan fingerprint density at radius 1 is 1.00 bits per heavy atom. The molecule has 1 aromatic carbocycles. The van der Waals surface area contributed by atoms with Gasteiger partial charge in [0.05, 0.1) is 0 Å². The molecule has 4 nitrogen and oxygen atoms in total. The second-order valence-corrected chi connectivity index (χ2v) is 5.73. The third kappa shape index (κ3) is 3.68. The van der Waals surface area contributed by atoms with Crippen molar-refractivity contribution in [2.45, 2.75) is 19.3 Å². The molecule has 0 saturated heterocycles. The largest absolute Gasteiger partial charge is 0.320 e. The van der Waals surface area contributed by atoms with Crippen LogP contribution in [0.15, 0.2) is 48.8 Å². The number of aromatic amines is 1. The van der Waals surface area contributed by atoms with Gasteiger partial charge in [-0.2, -0.15) is 5.10 Å². The molecule has 0 aliphatic carbocycles. The average Bonchev–Trinajstić information content (AvgIpc) is 3.04. The number of rotatable bonds is 7. The van der Waals surface area contributed by atoms with Crippen molar-refractivity contribution in [1.29, 1.82) is 0 Å². The Labute approximate surface area is 141 Å². The number of nitrogens with one attached hydrogen (secondary N) is 2. The summed E-state index contributed by atoms with van der Waals surface area (Å²) in [6.07, 6.45) is 6.66. The van der Waals surface area contributed by atoms with Gasteiger partial charge in [0.2, 0.25) is 0 Å². The van der Waals surface area contributed by atoms with Gasteiger partial charge in [-0.3, -0.25) is 10.1 Å². The molecule has 2 heterocycles. The maximum atomic E-state index is 13.2. The molecule has 0 spiro atoms. The van der Waals surface area contributed by atoms with Crippen molar-refractivity contribution in [3.63, 3.8) is 0 Å². The minimum absolute atomic E-state index is 0.243. The molecule has 124 valence electrons. The minimum Gasteiger partial charge on any atom is -0.320 e. The van der Waals surface area contributed by atoms with E-state index in [1.165, 1.54) is 12.1 Å². The van der Waals surface area contributed by atoms with E-state index in [1.807, 2.05) is 19.2 Å². The molecule has 0 amide bonds. The standard InChI is InChI=1S/C19H21FN4/c1-21-11-3-2-4-17-18(14-9-12-22-13-10-14)19(24-23-17)15-5-7-16(20)8-6-15/h5-10,12-13,21H,2-4,11H2,1H3,(H,23,24). The van der Waals surface area contributed by atoms with E-state index < -0.39 is 0 Å². The van der Waals surface area contributed by atoms with Crippen LogP contribution in [0.5, 0.6) is 0 Å². The quantitative estimate of drug-likeness (QED) is 0.650. The molecule has 0 bridgehead atoms. The first-order chi connectivity index (χ1) is 11.8. The van der Waals surface area contributed by atoms with Crippen LogP contribution in [-0.2, 0) is 6.42 Å². The second kappa shape index (κ2) is 7.84. The zero-order valence-electron chi connectivity index (χ0n) is 13.7. The van der Waals surface area contributed by atoms with E-state index in [-0.39, 0.29) is 5.82 Å². The Kier molecular flexibility index (Phi) is 5.33. The predicted octanol–water partition coefficient (Wildman–Crippen LogP) is 3.82. The van der Waals surface area contributed by atoms with Crippen LogP contribution in [0.1, 0.15) is 18.5 Å². The number of H-pyrrole nitrogens is 1. The molecular formula is C19H21FN4. The molecule has 0 atom stereocenters. The maximum Gasteiger partial charge on any atom is 0.123 e. The predicted molar refractivity (Wildman–Crippen MR) is 94.1 cm³/mol. The van der Waals surface area contributed by atoms with Crippen LogP contribution in [0.4, 0.5) is 4.39 Å². The fraction of sp³-hybridized carbons (Fsp3) is 0.263. The van der Waals surface area contributed by atoms with Crippen LogP contribution in [0.3, 0.4) is 0 Å². The highest BCUT2D eigenvalue weighted by atomic mass is 19.1. The van der Waals surface area contributed by atoms with E-state index in [2.05, 4.69) is 20.5 Å². The van der Waals surface area contributed by atoms with Gasteiger partial charge >= 0.3 is 0 Å². The highest BCUT2D eigenvalue weighted by molar-refractivity contribution is 5.82. The van der Waals surface area contributed by atoms with Gasteiger partial charge in [0.25, 0.3) is 0 Å². The van der Waals surface area contributed by atoms with Crippen molar-refractivity contribution in [3.05, 3.63) is 60.3 Å². The molecule has 0 fully saturated rings. The van der Waals surface area contributed by atoms with Crippen molar-refractivity contribution in [1.82, 2.24) is 20.5 Å². The molecule has 2 aromatic heterocycles. The third-order valence-electron chi connectivity index (χ3n) is 4.03. The molecule has 0 aliphatic rings. The minimum atomic E-state index is -0.243. The summed E-state index contributed by atoms with van der Waals surface area (Å²) in [5, 5.41) is 10.9. The molecular weight excluding hydrogens is 303 g/mol. The van der Waals surface area contributed by atoms with Gasteiger partial charge < -0.3 is 5.32 Å². The van der Waals surface area contributed by atoms with Gasteiger partial charge in [0.1, 0.15) is 11.5 Å². The number of pyridine rings is 1. The number of nitrogens with zero attached hydrogens (tertiary/aromatic N) is 2. The van der Waals surface area contributed by atoms with Crippen molar-refractivity contribution in [2.24, 2.45) is 0 Å². The number of benzene rings is 1. The lowest BCUT2D eigenvalue weighted by Gasteiger charge is -2.07. The Bertz CT molecular complexity index is 766. The first kappa shape index (κ1) is 16.3. The van der Waals surface area contributed by atoms with Crippen LogP contribution >= 0.6 is 0 Å². The van der Waals surface area contributed by atoms with Crippen LogP contribution in [-0.4, -0.2) is 28.8 Å². The van der Waals surface area contributed by atoms with E-state index in [0.717, 1.165) is 53.9 Å². The van der Waals surface area contributed by atoms with Gasteiger partial charge in [-0.1, -0.05) is 0 Å². The fourth-order valence-electron chi connectivity index (χ4n) is 2.81. The first-order valence-electron chi connectivity index (χ1n) is 8.18. The number of hydrogen-bond donors (Lipinski definition) is 2. The first-order valence-corrected chi connectivity index (χ1v) is 8.18. The van der Waals surface area contributed by atoms with Crippen LogP contribution in [0.2, 0.25) is 0 Å². The lowest BCUT2D eigenvalue weighted by molar-refractivity contribution is 0.628. The van der Waals surface area contributed by atoms with Gasteiger partial charge in [0.15, 0.2) is 0 Å². The number of aryl methyl sites for hydroxylation is 1. The van der Waals surface area contributed by atoms with Crippen LogP contribution < -0.4 is 5.32 Å². The lowest BCUT2D eigenvalue weighted by Crippen LogP contribution is -2.07. The van der Waals surface area contributed by atoms with E-state index in [4.69, 9.17) is 0 Å². The smallest absolute Gasteiger partial charge is 0.123 e. The molecule has 0 saturated carbocycles. The highest BCUT2D eigenvalue weighted by Gasteiger charge is 2.16. The Morgan fingerprint density at radius 2 is 1.75 bits per heavy atom. The van der Waals surface area contributed by atoms with Crippen molar-refractivity contribution in [2.75, 3.05) is 13.6 Å². The fourth-order valence-corrected chi connectivity index (χ4v) is 2.81. The van der Waals surface area contributed by atoms with Gasteiger partial charge in [0, 0.05) is 29.2 Å². The SMILES string of the molecule is CNCCCCc1[nH]nc(-c2ccc(F)cc2)c1-c1ccncc1. The molecule has 24 heavy (non-hydrogen) atoms. The number of aromatic nitrogens is 3. The summed E-state index contributed by atoms with van der Waals surface area (Å²) in [6.45, 7) is 1.00. The Morgan fingerprint density at radius 3 is 2.46 bits per heavy atom. The van der Waals surface area contributed by atoms with E-state index in [0.29, 0.717) is 0 Å². The van der Waals surface area contributed by atoms with Gasteiger partial charge in [-0.15, -0.1) is 0 Å². The second-order valence-electron chi connectivity index (χ2n) is 5.73. The lowest BCUT2D eigenvalue weighted by atomic mass is 9.97. The number of unbranched alkanes of at least 4 members (excludes halogenated alkanes) is 1. The summed E-state index contributed by atoms with van der Waals surface area (Å²) >= 11 is 0. The monoisotopic (exact) mass is 324 g/mol. The van der Waals surface area contributed by atoms with Crippen molar-refractivity contribution in [3.8, 4) is 22.4 Å². The normalized spacial score (nSPS) is 10.9. The molecule has 0 aliphatic heterocycles. The summed E-state index contributed by atoms with van der Waals surface area (Å²) in [6, 6.07) is 10.4. The summed E-state index contributed by atoms with van der Waals surface area (Å²) in [7, 11) is 1.96. The molecule has 0 radical (unpaired) electrons. The van der Waals surface area contributed by atoms with E-state index >= 15 is 0 Å². The van der Waals surface area contributed by atoms with E-state index in [9.17, 15) is 4.39 Å². The van der Waals surface area contributed by atoms with E-state index in [1.54, 1.807) is 24.5 Å². The Hall–Kier alpha value is -2.53. The molecule has 2 N–H and O–H groups in total. The molecule has 0 unspecified atom stereocenters. The molecule has 5 heteroatoms. The average molecular weight is 324 g/mol. The van der Waals surface area contributed by atoms with Crippen molar-refractivity contribution < 1.29 is 4.39 Å². The highest BCUT2D eigenvalue weighted by Crippen LogP contribution is 2.33. The zero-order valence-corrected chi connectivity index (χ0v) is 13.7. The maximum absolute atomic E-state index is 13.2. The van der Waals surface area contributed by atoms with Crippen LogP contribution in [0.25, 0.3) is 22.4 Å². The molecule has 3 rings (SSSR count). The molecule has 3 aromatic rings. The number of halogens is 1. The Balaban J connectivity index is 1.96. The third-order valence-corrected chi connectivity index (χ3v) is 4.03. The van der Waals surface area contributed by atoms with Crippen molar-refractivity contribution >= 4 is 0 Å². The van der Waals surface area contributed by atoms with Crippen LogP contribution in [0, 0.1) is 5.82 Å². The summed E-state index contributed by atoms with van der Waals surface area (Å²) in [4.78, 5) is 4.10. The summed E-state index contributed by atoms with van der Waals surface area (Å²) < 4.78 is 13.2. The topological polar surface area (TPSA) is 53.6 Å². The summed E-state index contributed by atoms with van der Waals surface area (Å²) in [5.74, 6) is -0.243. The summed E-state index contributed by atoms with van der Waals surface area (Å²) in [5.41, 5.74) is 5.01. The number of hydrogen-bond acceptors (Lipinski definition) is 3. The van der Waals surface area contributed by atoms with Gasteiger partial charge in [-0.05, 0) is 74.8 Å². The van der Waals surface area contributed by atoms with Gasteiger partial charge in [-0.25, -0.2) is 4.39 Å². The zero-order chi connectivity index (χ0) is 16.8.